The fourth-order valence-electron chi connectivity index (χ4n) is 2.56. The molecule has 0 bridgehead atoms. The van der Waals surface area contributed by atoms with Crippen LogP contribution in [0.2, 0.25) is 5.02 Å². The summed E-state index contributed by atoms with van der Waals surface area (Å²) in [6.45, 7) is 0. The molecule has 7 heteroatoms. The number of amides is 2. The van der Waals surface area contributed by atoms with Crippen LogP contribution in [0.3, 0.4) is 0 Å². The molecule has 1 aliphatic heterocycles. The summed E-state index contributed by atoms with van der Waals surface area (Å²) in [7, 11) is 0. The minimum Gasteiger partial charge on any atom is -0.480 e. The topological polar surface area (TPSA) is 90.5 Å². The second-order valence-electron chi connectivity index (χ2n) is 4.87. The number of aromatic amines is 1. The third-order valence-electron chi connectivity index (χ3n) is 3.59. The number of rotatable bonds is 4. The first-order valence-corrected chi connectivity index (χ1v) is 6.69. The number of nitrogens with one attached hydrogen (secondary N) is 1. The molecular formula is C14H11ClN2O4. The molecule has 1 aliphatic rings. The lowest BCUT2D eigenvalue weighted by Gasteiger charge is -2.33. The van der Waals surface area contributed by atoms with E-state index in [1.807, 2.05) is 6.07 Å². The van der Waals surface area contributed by atoms with Crippen LogP contribution in [0.25, 0.3) is 10.9 Å². The van der Waals surface area contributed by atoms with Gasteiger partial charge in [-0.05, 0) is 17.7 Å². The Morgan fingerprint density at radius 2 is 2.10 bits per heavy atom. The highest BCUT2D eigenvalue weighted by Crippen LogP contribution is 2.29. The molecule has 6 nitrogen and oxygen atoms in total. The molecule has 21 heavy (non-hydrogen) atoms. The molecule has 2 aromatic rings. The summed E-state index contributed by atoms with van der Waals surface area (Å²) in [5.74, 6) is -2.13. The maximum atomic E-state index is 11.5. The Kier molecular flexibility index (Phi) is 3.17. The number of nitrogens with zero attached hydrogens (tertiary/aromatic N) is 1. The largest absolute Gasteiger partial charge is 0.480 e. The molecule has 2 N–H and O–H groups in total. The van der Waals surface area contributed by atoms with Gasteiger partial charge in [-0.2, -0.15) is 0 Å². The summed E-state index contributed by atoms with van der Waals surface area (Å²) >= 11 is 6.14. The predicted octanol–water partition coefficient (Wildman–Crippen LogP) is 1.58. The number of carboxylic acids is 1. The normalized spacial score (nSPS) is 16.1. The number of hydrogen-bond donors (Lipinski definition) is 2. The number of halogens is 1. The molecule has 0 aliphatic carbocycles. The molecule has 108 valence electrons. The van der Waals surface area contributed by atoms with Crippen molar-refractivity contribution in [2.75, 3.05) is 0 Å². The molecule has 1 unspecified atom stereocenters. The molecule has 1 fully saturated rings. The van der Waals surface area contributed by atoms with Gasteiger partial charge in [-0.15, -0.1) is 0 Å². The number of likely N-dealkylation sites (tertiary alicyclic amines) is 1. The molecule has 2 amide bonds. The summed E-state index contributed by atoms with van der Waals surface area (Å²) in [5.41, 5.74) is 1.44. The van der Waals surface area contributed by atoms with E-state index in [2.05, 4.69) is 4.98 Å². The van der Waals surface area contributed by atoms with Gasteiger partial charge >= 0.3 is 5.97 Å². The van der Waals surface area contributed by atoms with E-state index in [9.17, 15) is 19.5 Å². The molecule has 1 saturated heterocycles. The first kappa shape index (κ1) is 13.6. The van der Waals surface area contributed by atoms with Crippen molar-refractivity contribution in [3.8, 4) is 0 Å². The van der Waals surface area contributed by atoms with Crippen molar-refractivity contribution in [2.24, 2.45) is 0 Å². The van der Waals surface area contributed by atoms with E-state index in [1.54, 1.807) is 18.3 Å². The van der Waals surface area contributed by atoms with Crippen molar-refractivity contribution in [1.82, 2.24) is 9.88 Å². The van der Waals surface area contributed by atoms with Crippen LogP contribution in [0.15, 0.2) is 24.4 Å². The van der Waals surface area contributed by atoms with Crippen LogP contribution in [-0.4, -0.2) is 38.8 Å². The van der Waals surface area contributed by atoms with E-state index in [0.29, 0.717) is 16.0 Å². The summed E-state index contributed by atoms with van der Waals surface area (Å²) in [6, 6.07) is 4.11. The summed E-state index contributed by atoms with van der Waals surface area (Å²) in [4.78, 5) is 38.1. The zero-order valence-electron chi connectivity index (χ0n) is 10.8. The van der Waals surface area contributed by atoms with E-state index in [1.165, 1.54) is 0 Å². The zero-order valence-corrected chi connectivity index (χ0v) is 11.6. The van der Waals surface area contributed by atoms with Crippen molar-refractivity contribution >= 4 is 40.3 Å². The van der Waals surface area contributed by atoms with E-state index < -0.39 is 23.8 Å². The van der Waals surface area contributed by atoms with Crippen molar-refractivity contribution < 1.29 is 19.5 Å². The maximum absolute atomic E-state index is 11.5. The van der Waals surface area contributed by atoms with E-state index in [0.717, 1.165) is 10.4 Å². The first-order valence-electron chi connectivity index (χ1n) is 6.31. The van der Waals surface area contributed by atoms with Crippen LogP contribution in [0.1, 0.15) is 12.0 Å². The molecule has 2 heterocycles. The van der Waals surface area contributed by atoms with Gasteiger partial charge in [0.25, 0.3) is 0 Å². The highest BCUT2D eigenvalue weighted by Gasteiger charge is 2.43. The quantitative estimate of drug-likeness (QED) is 0.663. The SMILES string of the molecule is O=C(O)C(Cc1c[nH]c2cccc(Cl)c12)N1C(=O)CC1=O. The lowest BCUT2D eigenvalue weighted by molar-refractivity contribution is -0.167. The first-order chi connectivity index (χ1) is 9.99. The van der Waals surface area contributed by atoms with Crippen LogP contribution in [0.5, 0.6) is 0 Å². The average molecular weight is 307 g/mol. The van der Waals surface area contributed by atoms with Gasteiger partial charge in [-0.3, -0.25) is 14.5 Å². The molecule has 0 saturated carbocycles. The minimum atomic E-state index is -1.21. The number of carbonyl (C=O) groups is 3. The fourth-order valence-corrected chi connectivity index (χ4v) is 2.86. The molecule has 1 aromatic carbocycles. The highest BCUT2D eigenvalue weighted by molar-refractivity contribution is 6.35. The predicted molar refractivity (Wildman–Crippen MR) is 74.9 cm³/mol. The molecular weight excluding hydrogens is 296 g/mol. The fraction of sp³-hybridized carbons (Fsp3) is 0.214. The number of aromatic nitrogens is 1. The number of benzene rings is 1. The lowest BCUT2D eigenvalue weighted by atomic mass is 10.00. The number of β-lactam (4-membered cyclic amide) rings is 2. The van der Waals surface area contributed by atoms with Gasteiger partial charge < -0.3 is 10.1 Å². The zero-order chi connectivity index (χ0) is 15.1. The summed E-state index contributed by atoms with van der Waals surface area (Å²) in [5, 5.41) is 10.5. The molecule has 3 rings (SSSR count). The maximum Gasteiger partial charge on any atom is 0.327 e. The minimum absolute atomic E-state index is 0.0244. The second-order valence-corrected chi connectivity index (χ2v) is 5.28. The monoisotopic (exact) mass is 306 g/mol. The van der Waals surface area contributed by atoms with Gasteiger partial charge in [0, 0.05) is 23.5 Å². The third kappa shape index (κ3) is 2.17. The summed E-state index contributed by atoms with van der Waals surface area (Å²) < 4.78 is 0. The average Bonchev–Trinajstić information content (AvgIpc) is 2.82. The Hall–Kier alpha value is -2.34. The van der Waals surface area contributed by atoms with Gasteiger partial charge in [0.2, 0.25) is 11.8 Å². The Morgan fingerprint density at radius 1 is 1.38 bits per heavy atom. The van der Waals surface area contributed by atoms with E-state index in [4.69, 9.17) is 11.6 Å². The van der Waals surface area contributed by atoms with Gasteiger partial charge in [-0.25, -0.2) is 4.79 Å². The van der Waals surface area contributed by atoms with Crippen LogP contribution in [0.4, 0.5) is 0 Å². The lowest BCUT2D eigenvalue weighted by Crippen LogP contribution is -2.57. The van der Waals surface area contributed by atoms with Gasteiger partial charge in [0.1, 0.15) is 12.5 Å². The summed E-state index contributed by atoms with van der Waals surface area (Å²) in [6.07, 6.45) is 1.45. The number of imide groups is 1. The van der Waals surface area contributed by atoms with Crippen LogP contribution >= 0.6 is 11.6 Å². The van der Waals surface area contributed by atoms with Crippen molar-refractivity contribution in [3.63, 3.8) is 0 Å². The second kappa shape index (κ2) is 4.89. The van der Waals surface area contributed by atoms with Gasteiger partial charge in [-0.1, -0.05) is 17.7 Å². The van der Waals surface area contributed by atoms with Crippen LogP contribution in [0, 0.1) is 0 Å². The third-order valence-corrected chi connectivity index (χ3v) is 3.90. The Labute approximate surface area is 124 Å². The molecule has 0 radical (unpaired) electrons. The van der Waals surface area contributed by atoms with Crippen molar-refractivity contribution in [1.29, 1.82) is 0 Å². The Balaban J connectivity index is 1.97. The molecule has 0 spiro atoms. The Morgan fingerprint density at radius 3 is 2.71 bits per heavy atom. The number of hydrogen-bond acceptors (Lipinski definition) is 3. The number of carboxylic acid groups (broad SMARTS) is 1. The number of fused-ring (bicyclic) bond motifs is 1. The Bertz CT molecular complexity index is 753. The van der Waals surface area contributed by atoms with Crippen LogP contribution < -0.4 is 0 Å². The van der Waals surface area contributed by atoms with Gasteiger partial charge in [0.15, 0.2) is 0 Å². The number of aliphatic carboxylic acids is 1. The highest BCUT2D eigenvalue weighted by atomic mass is 35.5. The van der Waals surface area contributed by atoms with E-state index >= 15 is 0 Å². The standard InChI is InChI=1S/C14H11ClN2O4/c15-8-2-1-3-9-13(8)7(6-16-9)4-10(14(20)21)17-11(18)5-12(17)19/h1-3,6,10,16H,4-5H2,(H,20,21). The smallest absolute Gasteiger partial charge is 0.327 e. The van der Waals surface area contributed by atoms with E-state index in [-0.39, 0.29) is 12.8 Å². The van der Waals surface area contributed by atoms with Gasteiger partial charge in [0.05, 0.1) is 5.02 Å². The molecule has 1 aromatic heterocycles. The number of carbonyl (C=O) groups excluding carboxylic acids is 2. The number of H-pyrrole nitrogens is 1. The van der Waals surface area contributed by atoms with Crippen molar-refractivity contribution in [2.45, 2.75) is 18.9 Å². The van der Waals surface area contributed by atoms with Crippen molar-refractivity contribution in [3.05, 3.63) is 35.0 Å². The van der Waals surface area contributed by atoms with Crippen LogP contribution in [-0.2, 0) is 20.8 Å². The molecule has 1 atom stereocenters.